The molecule has 0 aliphatic carbocycles. The van der Waals surface area contributed by atoms with Crippen LogP contribution in [-0.2, 0) is 11.3 Å². The molecule has 0 amide bonds. The maximum atomic E-state index is 11.1. The third kappa shape index (κ3) is 3.46. The van der Waals surface area contributed by atoms with Crippen molar-refractivity contribution in [3.8, 4) is 11.3 Å². The van der Waals surface area contributed by atoms with Crippen molar-refractivity contribution in [1.29, 1.82) is 0 Å². The zero-order chi connectivity index (χ0) is 17.1. The number of hydrogen-bond acceptors (Lipinski definition) is 5. The van der Waals surface area contributed by atoms with Gasteiger partial charge in [0.2, 0.25) is 0 Å². The normalized spacial score (nSPS) is 18.4. The Balaban J connectivity index is 1.75. The third-order valence-corrected chi connectivity index (χ3v) is 4.26. The van der Waals surface area contributed by atoms with E-state index >= 15 is 0 Å². The molecule has 0 bridgehead atoms. The van der Waals surface area contributed by atoms with Gasteiger partial charge in [0.05, 0.1) is 22.9 Å². The van der Waals surface area contributed by atoms with E-state index in [4.69, 9.17) is 9.52 Å². The van der Waals surface area contributed by atoms with Gasteiger partial charge in [0.15, 0.2) is 0 Å². The van der Waals surface area contributed by atoms with Crippen LogP contribution in [0.25, 0.3) is 11.3 Å². The molecule has 1 atom stereocenters. The number of nitro groups is 1. The van der Waals surface area contributed by atoms with E-state index in [2.05, 4.69) is 0 Å². The smallest absolute Gasteiger partial charge is 0.307 e. The zero-order valence-corrected chi connectivity index (χ0v) is 13.1. The number of carboxylic acids is 1. The summed E-state index contributed by atoms with van der Waals surface area (Å²) >= 11 is 0. The standard InChI is InChI=1S/C17H18N2O5/c20-17(21)12-4-3-9-18(10-12)11-13-7-8-16(24-13)14-5-1-2-6-15(14)19(22)23/h1-2,5-8,12H,3-4,9-11H2,(H,20,21). The number of para-hydroxylation sites is 1. The van der Waals surface area contributed by atoms with Crippen LogP contribution >= 0.6 is 0 Å². The largest absolute Gasteiger partial charge is 0.481 e. The molecule has 0 saturated carbocycles. The molecular weight excluding hydrogens is 312 g/mol. The minimum absolute atomic E-state index is 0.00214. The van der Waals surface area contributed by atoms with E-state index in [1.54, 1.807) is 30.3 Å². The van der Waals surface area contributed by atoms with E-state index in [1.807, 2.05) is 4.90 Å². The average molecular weight is 330 g/mol. The van der Waals surface area contributed by atoms with Gasteiger partial charge in [-0.3, -0.25) is 19.8 Å². The van der Waals surface area contributed by atoms with Crippen molar-refractivity contribution < 1.29 is 19.2 Å². The van der Waals surface area contributed by atoms with Crippen LogP contribution in [0.1, 0.15) is 18.6 Å². The fraction of sp³-hybridized carbons (Fsp3) is 0.353. The molecule has 1 aromatic heterocycles. The molecule has 0 spiro atoms. The van der Waals surface area contributed by atoms with E-state index in [0.29, 0.717) is 36.6 Å². The molecule has 2 aromatic rings. The number of benzene rings is 1. The lowest BCUT2D eigenvalue weighted by Crippen LogP contribution is -2.38. The number of furan rings is 1. The molecule has 2 heterocycles. The van der Waals surface area contributed by atoms with Gasteiger partial charge in [-0.15, -0.1) is 0 Å². The average Bonchev–Trinajstić information content (AvgIpc) is 3.03. The summed E-state index contributed by atoms with van der Waals surface area (Å²) in [6.07, 6.45) is 1.54. The summed E-state index contributed by atoms with van der Waals surface area (Å²) in [7, 11) is 0. The van der Waals surface area contributed by atoms with Gasteiger partial charge in [-0.2, -0.15) is 0 Å². The number of likely N-dealkylation sites (tertiary alicyclic amines) is 1. The highest BCUT2D eigenvalue weighted by atomic mass is 16.6. The first-order chi connectivity index (χ1) is 11.5. The maximum absolute atomic E-state index is 11.1. The Morgan fingerprint density at radius 2 is 2.12 bits per heavy atom. The molecule has 1 aliphatic heterocycles. The van der Waals surface area contributed by atoms with Gasteiger partial charge in [0.25, 0.3) is 5.69 Å². The Hall–Kier alpha value is -2.67. The van der Waals surface area contributed by atoms with E-state index < -0.39 is 10.9 Å². The maximum Gasteiger partial charge on any atom is 0.307 e. The van der Waals surface area contributed by atoms with Crippen LogP contribution in [0.4, 0.5) is 5.69 Å². The first-order valence-corrected chi connectivity index (χ1v) is 7.82. The van der Waals surface area contributed by atoms with Crippen LogP contribution in [0.15, 0.2) is 40.8 Å². The lowest BCUT2D eigenvalue weighted by molar-refractivity contribution is -0.384. The highest BCUT2D eigenvalue weighted by Crippen LogP contribution is 2.31. The predicted molar refractivity (Wildman–Crippen MR) is 86.4 cm³/mol. The molecule has 0 radical (unpaired) electrons. The molecule has 1 aliphatic rings. The van der Waals surface area contributed by atoms with Crippen LogP contribution in [-0.4, -0.2) is 34.0 Å². The van der Waals surface area contributed by atoms with Crippen LogP contribution in [0.2, 0.25) is 0 Å². The second kappa shape index (κ2) is 6.84. The van der Waals surface area contributed by atoms with Crippen molar-refractivity contribution in [3.05, 3.63) is 52.3 Å². The predicted octanol–water partition coefficient (Wildman–Crippen LogP) is 3.15. The minimum atomic E-state index is -0.764. The first-order valence-electron chi connectivity index (χ1n) is 7.82. The first kappa shape index (κ1) is 16.2. The summed E-state index contributed by atoms with van der Waals surface area (Å²) in [5, 5.41) is 20.3. The van der Waals surface area contributed by atoms with E-state index in [-0.39, 0.29) is 11.6 Å². The van der Waals surface area contributed by atoms with Gasteiger partial charge in [0.1, 0.15) is 11.5 Å². The number of rotatable bonds is 5. The molecule has 7 nitrogen and oxygen atoms in total. The fourth-order valence-corrected chi connectivity index (χ4v) is 3.07. The van der Waals surface area contributed by atoms with Crippen molar-refractivity contribution in [3.63, 3.8) is 0 Å². The molecular formula is C17H18N2O5. The van der Waals surface area contributed by atoms with Gasteiger partial charge >= 0.3 is 5.97 Å². The Labute approximate surface area is 138 Å². The topological polar surface area (TPSA) is 96.8 Å². The number of nitro benzene ring substituents is 1. The monoisotopic (exact) mass is 330 g/mol. The Kier molecular flexibility index (Phi) is 4.61. The molecule has 1 fully saturated rings. The van der Waals surface area contributed by atoms with E-state index in [0.717, 1.165) is 13.0 Å². The highest BCUT2D eigenvalue weighted by molar-refractivity contribution is 5.70. The summed E-state index contributed by atoms with van der Waals surface area (Å²) < 4.78 is 5.77. The molecule has 24 heavy (non-hydrogen) atoms. The molecule has 7 heteroatoms. The van der Waals surface area contributed by atoms with E-state index in [9.17, 15) is 14.9 Å². The lowest BCUT2D eigenvalue weighted by Gasteiger charge is -2.29. The van der Waals surface area contributed by atoms with Crippen molar-refractivity contribution in [2.45, 2.75) is 19.4 Å². The number of piperidine rings is 1. The number of hydrogen-bond donors (Lipinski definition) is 1. The molecule has 126 valence electrons. The number of nitrogens with zero attached hydrogens (tertiary/aromatic N) is 2. The number of carbonyl (C=O) groups is 1. The van der Waals surface area contributed by atoms with Gasteiger partial charge in [-0.25, -0.2) is 0 Å². The Morgan fingerprint density at radius 1 is 1.33 bits per heavy atom. The van der Waals surface area contributed by atoms with Crippen molar-refractivity contribution in [2.24, 2.45) is 5.92 Å². The minimum Gasteiger partial charge on any atom is -0.481 e. The van der Waals surface area contributed by atoms with Crippen LogP contribution in [0.5, 0.6) is 0 Å². The summed E-state index contributed by atoms with van der Waals surface area (Å²) in [4.78, 5) is 23.9. The number of aliphatic carboxylic acids is 1. The Bertz CT molecular complexity index is 755. The second-order valence-corrected chi connectivity index (χ2v) is 5.95. The van der Waals surface area contributed by atoms with Crippen molar-refractivity contribution >= 4 is 11.7 Å². The van der Waals surface area contributed by atoms with Gasteiger partial charge < -0.3 is 9.52 Å². The van der Waals surface area contributed by atoms with E-state index in [1.165, 1.54) is 6.07 Å². The van der Waals surface area contributed by atoms with Crippen molar-refractivity contribution in [2.75, 3.05) is 13.1 Å². The van der Waals surface area contributed by atoms with Crippen LogP contribution in [0, 0.1) is 16.0 Å². The molecule has 3 rings (SSSR count). The molecule has 1 N–H and O–H groups in total. The van der Waals surface area contributed by atoms with Gasteiger partial charge in [-0.05, 0) is 37.6 Å². The fourth-order valence-electron chi connectivity index (χ4n) is 3.07. The highest BCUT2D eigenvalue weighted by Gasteiger charge is 2.26. The molecule has 1 saturated heterocycles. The Morgan fingerprint density at radius 3 is 2.88 bits per heavy atom. The number of carboxylic acid groups (broad SMARTS) is 1. The van der Waals surface area contributed by atoms with Crippen molar-refractivity contribution in [1.82, 2.24) is 4.90 Å². The van der Waals surface area contributed by atoms with Crippen LogP contribution < -0.4 is 0 Å². The molecule has 1 aromatic carbocycles. The lowest BCUT2D eigenvalue weighted by atomic mass is 9.98. The summed E-state index contributed by atoms with van der Waals surface area (Å²) in [5.41, 5.74) is 0.443. The summed E-state index contributed by atoms with van der Waals surface area (Å²) in [6, 6.07) is 9.95. The second-order valence-electron chi connectivity index (χ2n) is 5.95. The SMILES string of the molecule is O=C(O)C1CCCN(Cc2ccc(-c3ccccc3[N+](=O)[O-])o2)C1. The third-order valence-electron chi connectivity index (χ3n) is 4.26. The summed E-state index contributed by atoms with van der Waals surface area (Å²) in [6.45, 7) is 1.83. The zero-order valence-electron chi connectivity index (χ0n) is 13.1. The quantitative estimate of drug-likeness (QED) is 0.668. The van der Waals surface area contributed by atoms with Crippen LogP contribution in [0.3, 0.4) is 0 Å². The summed E-state index contributed by atoms with van der Waals surface area (Å²) in [5.74, 6) is 0.0152. The molecule has 1 unspecified atom stereocenters. The van der Waals surface area contributed by atoms with Gasteiger partial charge in [0, 0.05) is 12.6 Å². The van der Waals surface area contributed by atoms with Gasteiger partial charge in [-0.1, -0.05) is 12.1 Å².